The van der Waals surface area contributed by atoms with E-state index >= 15 is 0 Å². The lowest BCUT2D eigenvalue weighted by molar-refractivity contribution is 0.161. The number of benzene rings is 1. The van der Waals surface area contributed by atoms with Crippen LogP contribution in [0.1, 0.15) is 26.2 Å². The van der Waals surface area contributed by atoms with E-state index in [0.29, 0.717) is 12.0 Å². The van der Waals surface area contributed by atoms with E-state index in [-0.39, 0.29) is 0 Å². The van der Waals surface area contributed by atoms with Crippen molar-refractivity contribution in [1.82, 2.24) is 14.5 Å². The summed E-state index contributed by atoms with van der Waals surface area (Å²) >= 11 is 0. The van der Waals surface area contributed by atoms with E-state index in [2.05, 4.69) is 21.4 Å². The second-order valence-corrected chi connectivity index (χ2v) is 5.88. The smallest absolute Gasteiger partial charge is 0.201 e. The van der Waals surface area contributed by atoms with Gasteiger partial charge >= 0.3 is 0 Å². The Bertz CT molecular complexity index is 616. The predicted octanol–water partition coefficient (Wildman–Crippen LogP) is 2.50. The molecule has 1 aromatic heterocycles. The molecule has 0 aliphatic carbocycles. The average molecular weight is 288 g/mol. The Kier molecular flexibility index (Phi) is 4.01. The molecule has 1 atom stereocenters. The molecular formula is C16H24N4O. The molecule has 114 valence electrons. The van der Waals surface area contributed by atoms with Crippen LogP contribution in [-0.2, 0) is 6.54 Å². The molecule has 5 nitrogen and oxygen atoms in total. The molecule has 0 spiro atoms. The molecule has 1 aliphatic rings. The summed E-state index contributed by atoms with van der Waals surface area (Å²) in [6, 6.07) is 6.42. The number of methoxy groups -OCH3 is 1. The van der Waals surface area contributed by atoms with Crippen molar-refractivity contribution >= 4 is 17.0 Å². The second kappa shape index (κ2) is 5.93. The monoisotopic (exact) mass is 288 g/mol. The molecule has 0 bridgehead atoms. The Morgan fingerprint density at radius 2 is 2.05 bits per heavy atom. The number of ether oxygens (including phenoxy) is 1. The highest BCUT2D eigenvalue weighted by molar-refractivity contribution is 5.79. The molecule has 1 fully saturated rings. The van der Waals surface area contributed by atoms with Gasteiger partial charge in [-0.05, 0) is 45.0 Å². The van der Waals surface area contributed by atoms with Crippen molar-refractivity contribution in [2.45, 2.75) is 38.8 Å². The molecule has 3 rings (SSSR count). The molecule has 2 heterocycles. The average Bonchev–Trinajstić information content (AvgIpc) is 2.83. The van der Waals surface area contributed by atoms with E-state index in [9.17, 15) is 0 Å². The van der Waals surface area contributed by atoms with Crippen molar-refractivity contribution < 1.29 is 4.74 Å². The summed E-state index contributed by atoms with van der Waals surface area (Å²) in [5, 5.41) is 0. The van der Waals surface area contributed by atoms with Gasteiger partial charge < -0.3 is 15.0 Å². The van der Waals surface area contributed by atoms with Gasteiger partial charge in [-0.3, -0.25) is 4.90 Å². The zero-order chi connectivity index (χ0) is 14.8. The lowest BCUT2D eigenvalue weighted by Gasteiger charge is -2.32. The fourth-order valence-electron chi connectivity index (χ4n) is 3.19. The predicted molar refractivity (Wildman–Crippen MR) is 85.6 cm³/mol. The number of nitrogens with zero attached hydrogens (tertiary/aromatic N) is 3. The first-order valence-electron chi connectivity index (χ1n) is 7.73. The van der Waals surface area contributed by atoms with Gasteiger partial charge in [0.1, 0.15) is 5.75 Å². The molecule has 1 aliphatic heterocycles. The Morgan fingerprint density at radius 3 is 2.76 bits per heavy atom. The third kappa shape index (κ3) is 2.83. The molecule has 1 aromatic carbocycles. The summed E-state index contributed by atoms with van der Waals surface area (Å²) in [4.78, 5) is 7.02. The van der Waals surface area contributed by atoms with Gasteiger partial charge in [0.05, 0.1) is 18.1 Å². The zero-order valence-corrected chi connectivity index (χ0v) is 12.9. The summed E-state index contributed by atoms with van der Waals surface area (Å²) in [7, 11) is 1.67. The molecule has 2 aromatic rings. The maximum atomic E-state index is 6.12. The molecule has 1 unspecified atom stereocenters. The van der Waals surface area contributed by atoms with Gasteiger partial charge in [0.25, 0.3) is 0 Å². The van der Waals surface area contributed by atoms with E-state index in [1.807, 2.05) is 18.2 Å². The molecule has 1 saturated heterocycles. The first kappa shape index (κ1) is 14.2. The van der Waals surface area contributed by atoms with Crippen LogP contribution < -0.4 is 10.5 Å². The van der Waals surface area contributed by atoms with Crippen LogP contribution in [0.2, 0.25) is 0 Å². The quantitative estimate of drug-likeness (QED) is 0.939. The normalized spacial score (nSPS) is 18.0. The summed E-state index contributed by atoms with van der Waals surface area (Å²) < 4.78 is 7.37. The molecule has 0 saturated carbocycles. The number of aromatic nitrogens is 2. The van der Waals surface area contributed by atoms with Gasteiger partial charge in [0.2, 0.25) is 5.95 Å². The lowest BCUT2D eigenvalue weighted by atomic mass is 10.1. The van der Waals surface area contributed by atoms with Crippen LogP contribution in [-0.4, -0.2) is 40.7 Å². The summed E-state index contributed by atoms with van der Waals surface area (Å²) in [5.41, 5.74) is 8.10. The van der Waals surface area contributed by atoms with Gasteiger partial charge in [-0.1, -0.05) is 6.42 Å². The highest BCUT2D eigenvalue weighted by Crippen LogP contribution is 2.24. The zero-order valence-electron chi connectivity index (χ0n) is 12.9. The Hall–Kier alpha value is -1.75. The minimum Gasteiger partial charge on any atom is -0.497 e. The fraction of sp³-hybridized carbons (Fsp3) is 0.562. The summed E-state index contributed by atoms with van der Waals surface area (Å²) in [6.45, 7) is 5.55. The number of fused-ring (bicyclic) bond motifs is 1. The van der Waals surface area contributed by atoms with Crippen LogP contribution in [0.25, 0.3) is 11.0 Å². The van der Waals surface area contributed by atoms with Gasteiger partial charge in [-0.15, -0.1) is 0 Å². The number of hydrogen-bond donors (Lipinski definition) is 1. The van der Waals surface area contributed by atoms with Crippen LogP contribution in [0.3, 0.4) is 0 Å². The molecule has 5 heteroatoms. The van der Waals surface area contributed by atoms with Crippen LogP contribution in [0.4, 0.5) is 5.95 Å². The van der Waals surface area contributed by atoms with E-state index in [4.69, 9.17) is 10.5 Å². The number of anilines is 1. The molecule has 2 N–H and O–H groups in total. The molecule has 0 radical (unpaired) electrons. The fourth-order valence-corrected chi connectivity index (χ4v) is 3.19. The van der Waals surface area contributed by atoms with Gasteiger partial charge in [0, 0.05) is 18.7 Å². The van der Waals surface area contributed by atoms with Crippen LogP contribution in [0, 0.1) is 0 Å². The highest BCUT2D eigenvalue weighted by atomic mass is 16.5. The van der Waals surface area contributed by atoms with Crippen LogP contribution in [0.5, 0.6) is 5.75 Å². The number of nitrogen functional groups attached to an aromatic ring is 1. The lowest BCUT2D eigenvalue weighted by Crippen LogP contribution is -2.39. The number of imidazole rings is 1. The number of likely N-dealkylation sites (tertiary alicyclic amines) is 1. The molecular weight excluding hydrogens is 264 g/mol. The third-order valence-electron chi connectivity index (χ3n) is 4.45. The minimum absolute atomic E-state index is 0.479. The van der Waals surface area contributed by atoms with Crippen LogP contribution >= 0.6 is 0 Å². The number of rotatable bonds is 4. The summed E-state index contributed by atoms with van der Waals surface area (Å²) in [5.74, 6) is 1.40. The number of hydrogen-bond acceptors (Lipinski definition) is 4. The van der Waals surface area contributed by atoms with Crippen molar-refractivity contribution in [3.63, 3.8) is 0 Å². The second-order valence-electron chi connectivity index (χ2n) is 5.88. The van der Waals surface area contributed by atoms with Crippen LogP contribution in [0.15, 0.2) is 18.2 Å². The minimum atomic E-state index is 0.479. The maximum Gasteiger partial charge on any atom is 0.201 e. The SMILES string of the molecule is COc1ccc2c(c1)nc(N)n2CC(C)N1CCCCC1. The third-order valence-corrected chi connectivity index (χ3v) is 4.45. The van der Waals surface area contributed by atoms with Crippen molar-refractivity contribution in [3.8, 4) is 5.75 Å². The number of nitrogens with two attached hydrogens (primary N) is 1. The van der Waals surface area contributed by atoms with Gasteiger partial charge in [-0.2, -0.15) is 0 Å². The van der Waals surface area contributed by atoms with Crippen molar-refractivity contribution in [2.24, 2.45) is 0 Å². The van der Waals surface area contributed by atoms with E-state index in [1.54, 1.807) is 7.11 Å². The first-order chi connectivity index (χ1) is 10.2. The van der Waals surface area contributed by atoms with Crippen molar-refractivity contribution in [1.29, 1.82) is 0 Å². The van der Waals surface area contributed by atoms with Gasteiger partial charge in [0.15, 0.2) is 0 Å². The van der Waals surface area contributed by atoms with E-state index in [0.717, 1.165) is 23.3 Å². The van der Waals surface area contributed by atoms with Crippen molar-refractivity contribution in [2.75, 3.05) is 25.9 Å². The number of piperidine rings is 1. The standard InChI is InChI=1S/C16H24N4O/c1-12(19-8-4-3-5-9-19)11-20-15-7-6-13(21-2)10-14(15)18-16(20)17/h6-7,10,12H,3-5,8-9,11H2,1-2H3,(H2,17,18). The van der Waals surface area contributed by atoms with E-state index in [1.165, 1.54) is 32.4 Å². The Labute approximate surface area is 125 Å². The maximum absolute atomic E-state index is 6.12. The Morgan fingerprint density at radius 1 is 1.29 bits per heavy atom. The highest BCUT2D eigenvalue weighted by Gasteiger charge is 2.19. The largest absolute Gasteiger partial charge is 0.497 e. The molecule has 0 amide bonds. The molecule has 21 heavy (non-hydrogen) atoms. The Balaban J connectivity index is 1.84. The first-order valence-corrected chi connectivity index (χ1v) is 7.73. The van der Waals surface area contributed by atoms with E-state index < -0.39 is 0 Å². The van der Waals surface area contributed by atoms with Gasteiger partial charge in [-0.25, -0.2) is 4.98 Å². The summed E-state index contributed by atoms with van der Waals surface area (Å²) in [6.07, 6.45) is 3.97. The van der Waals surface area contributed by atoms with Crippen molar-refractivity contribution in [3.05, 3.63) is 18.2 Å². The topological polar surface area (TPSA) is 56.3 Å².